The van der Waals surface area contributed by atoms with E-state index < -0.39 is 0 Å². The fourth-order valence-electron chi connectivity index (χ4n) is 3.28. The minimum atomic E-state index is 0.102. The van der Waals surface area contributed by atoms with Gasteiger partial charge >= 0.3 is 0 Å². The van der Waals surface area contributed by atoms with Crippen LogP contribution in [0.2, 0.25) is 0 Å². The van der Waals surface area contributed by atoms with Crippen LogP contribution < -0.4 is 4.90 Å². The molecule has 2 saturated heterocycles. The molecule has 0 unspecified atom stereocenters. The standard InChI is InChI=1S/C17H22N4O2/c1-13-12-23-9-8-21(13)17(22)15-4-6-20(7-5-15)16-3-2-14(10-18)11-19-16/h2-3,11,13,15H,4-9,12H2,1H3/t13-/m0/s1. The summed E-state index contributed by atoms with van der Waals surface area (Å²) in [6.45, 7) is 5.69. The quantitative estimate of drug-likeness (QED) is 0.825. The van der Waals surface area contributed by atoms with Crippen molar-refractivity contribution in [3.8, 4) is 6.07 Å². The molecule has 3 rings (SSSR count). The Morgan fingerprint density at radius 2 is 2.13 bits per heavy atom. The van der Waals surface area contributed by atoms with Crippen molar-refractivity contribution in [2.75, 3.05) is 37.7 Å². The van der Waals surface area contributed by atoms with Crippen molar-refractivity contribution in [1.29, 1.82) is 5.26 Å². The second-order valence-electron chi connectivity index (χ2n) is 6.23. The molecule has 6 nitrogen and oxygen atoms in total. The fourth-order valence-corrected chi connectivity index (χ4v) is 3.28. The lowest BCUT2D eigenvalue weighted by atomic mass is 9.94. The SMILES string of the molecule is C[C@H]1COCCN1C(=O)C1CCN(c2ccc(C#N)cn2)CC1. The largest absolute Gasteiger partial charge is 0.377 e. The molecule has 3 heterocycles. The molecule has 0 saturated carbocycles. The summed E-state index contributed by atoms with van der Waals surface area (Å²) < 4.78 is 5.41. The monoisotopic (exact) mass is 314 g/mol. The molecule has 0 N–H and O–H groups in total. The van der Waals surface area contributed by atoms with Crippen LogP contribution in [-0.4, -0.2) is 54.7 Å². The number of piperidine rings is 1. The van der Waals surface area contributed by atoms with Crippen molar-refractivity contribution < 1.29 is 9.53 Å². The third-order valence-corrected chi connectivity index (χ3v) is 4.70. The Bertz CT molecular complexity index is 588. The van der Waals surface area contributed by atoms with Crippen LogP contribution in [-0.2, 0) is 9.53 Å². The number of rotatable bonds is 2. The van der Waals surface area contributed by atoms with E-state index in [1.807, 2.05) is 17.9 Å². The van der Waals surface area contributed by atoms with Gasteiger partial charge in [-0.25, -0.2) is 4.98 Å². The van der Waals surface area contributed by atoms with E-state index in [-0.39, 0.29) is 17.9 Å². The lowest BCUT2D eigenvalue weighted by Crippen LogP contribution is -2.51. The number of nitrogens with zero attached hydrogens (tertiary/aromatic N) is 4. The van der Waals surface area contributed by atoms with E-state index >= 15 is 0 Å². The molecule has 1 amide bonds. The summed E-state index contributed by atoms with van der Waals surface area (Å²) in [5.41, 5.74) is 0.570. The Kier molecular flexibility index (Phi) is 4.77. The Morgan fingerprint density at radius 3 is 2.74 bits per heavy atom. The summed E-state index contributed by atoms with van der Waals surface area (Å²) in [6, 6.07) is 5.92. The number of ether oxygens (including phenoxy) is 1. The number of nitriles is 1. The molecule has 0 spiro atoms. The second-order valence-corrected chi connectivity index (χ2v) is 6.23. The first-order valence-corrected chi connectivity index (χ1v) is 8.18. The van der Waals surface area contributed by atoms with Crippen LogP contribution in [0.25, 0.3) is 0 Å². The number of carbonyl (C=O) groups is 1. The predicted octanol–water partition coefficient (Wildman–Crippen LogP) is 1.42. The van der Waals surface area contributed by atoms with Crippen LogP contribution in [0, 0.1) is 17.2 Å². The maximum atomic E-state index is 12.7. The first-order valence-electron chi connectivity index (χ1n) is 8.18. The summed E-state index contributed by atoms with van der Waals surface area (Å²) >= 11 is 0. The van der Waals surface area contributed by atoms with E-state index in [1.165, 1.54) is 0 Å². The van der Waals surface area contributed by atoms with E-state index in [1.54, 1.807) is 12.3 Å². The molecule has 2 aliphatic heterocycles. The molecule has 2 fully saturated rings. The average Bonchev–Trinajstić information content (AvgIpc) is 2.62. The first-order chi connectivity index (χ1) is 11.2. The highest BCUT2D eigenvalue weighted by molar-refractivity contribution is 5.79. The van der Waals surface area contributed by atoms with E-state index in [0.29, 0.717) is 25.3 Å². The first kappa shape index (κ1) is 15.8. The molecular formula is C17H22N4O2. The highest BCUT2D eigenvalue weighted by Crippen LogP contribution is 2.24. The number of hydrogen-bond acceptors (Lipinski definition) is 5. The van der Waals surface area contributed by atoms with Gasteiger partial charge in [0, 0.05) is 31.7 Å². The van der Waals surface area contributed by atoms with Crippen molar-refractivity contribution in [2.45, 2.75) is 25.8 Å². The summed E-state index contributed by atoms with van der Waals surface area (Å²) in [7, 11) is 0. The molecule has 0 radical (unpaired) electrons. The summed E-state index contributed by atoms with van der Waals surface area (Å²) in [6.07, 6.45) is 3.30. The van der Waals surface area contributed by atoms with E-state index in [0.717, 1.165) is 31.7 Å². The van der Waals surface area contributed by atoms with Crippen molar-refractivity contribution in [2.24, 2.45) is 5.92 Å². The number of amides is 1. The number of pyridine rings is 1. The number of carbonyl (C=O) groups excluding carboxylic acids is 1. The van der Waals surface area contributed by atoms with Gasteiger partial charge in [-0.1, -0.05) is 0 Å². The molecule has 1 atom stereocenters. The van der Waals surface area contributed by atoms with Crippen LogP contribution in [0.1, 0.15) is 25.3 Å². The van der Waals surface area contributed by atoms with E-state index in [4.69, 9.17) is 10.00 Å². The van der Waals surface area contributed by atoms with Crippen molar-refractivity contribution in [1.82, 2.24) is 9.88 Å². The topological polar surface area (TPSA) is 69.5 Å². The third-order valence-electron chi connectivity index (χ3n) is 4.70. The van der Waals surface area contributed by atoms with Gasteiger partial charge < -0.3 is 14.5 Å². The summed E-state index contributed by atoms with van der Waals surface area (Å²) in [4.78, 5) is 21.2. The smallest absolute Gasteiger partial charge is 0.226 e. The predicted molar refractivity (Wildman–Crippen MR) is 85.9 cm³/mol. The van der Waals surface area contributed by atoms with Gasteiger partial charge in [0.05, 0.1) is 24.8 Å². The van der Waals surface area contributed by atoms with Gasteiger partial charge in [-0.2, -0.15) is 5.26 Å². The van der Waals surface area contributed by atoms with E-state index in [9.17, 15) is 4.79 Å². The Labute approximate surface area is 136 Å². The van der Waals surface area contributed by atoms with Gasteiger partial charge in [-0.05, 0) is 31.9 Å². The Morgan fingerprint density at radius 1 is 1.35 bits per heavy atom. The minimum absolute atomic E-state index is 0.102. The molecule has 1 aromatic rings. The van der Waals surface area contributed by atoms with Gasteiger partial charge in [0.2, 0.25) is 5.91 Å². The zero-order valence-corrected chi connectivity index (χ0v) is 13.4. The average molecular weight is 314 g/mol. The zero-order chi connectivity index (χ0) is 16.2. The normalized spacial score (nSPS) is 22.7. The lowest BCUT2D eigenvalue weighted by Gasteiger charge is -2.38. The molecule has 23 heavy (non-hydrogen) atoms. The number of aromatic nitrogens is 1. The van der Waals surface area contributed by atoms with Crippen molar-refractivity contribution in [3.63, 3.8) is 0 Å². The molecule has 2 aliphatic rings. The summed E-state index contributed by atoms with van der Waals surface area (Å²) in [5, 5.41) is 8.83. The third kappa shape index (κ3) is 3.45. The molecular weight excluding hydrogens is 292 g/mol. The lowest BCUT2D eigenvalue weighted by molar-refractivity contribution is -0.144. The molecule has 0 bridgehead atoms. The number of hydrogen-bond donors (Lipinski definition) is 0. The van der Waals surface area contributed by atoms with Gasteiger partial charge in [-0.3, -0.25) is 4.79 Å². The molecule has 0 aliphatic carbocycles. The maximum Gasteiger partial charge on any atom is 0.226 e. The maximum absolute atomic E-state index is 12.7. The van der Waals surface area contributed by atoms with Crippen LogP contribution in [0.5, 0.6) is 0 Å². The van der Waals surface area contributed by atoms with Crippen LogP contribution >= 0.6 is 0 Å². The van der Waals surface area contributed by atoms with Crippen LogP contribution in [0.3, 0.4) is 0 Å². The highest BCUT2D eigenvalue weighted by Gasteiger charge is 2.32. The van der Waals surface area contributed by atoms with Gasteiger partial charge in [0.15, 0.2) is 0 Å². The van der Waals surface area contributed by atoms with E-state index in [2.05, 4.69) is 16.0 Å². The van der Waals surface area contributed by atoms with Gasteiger partial charge in [0.25, 0.3) is 0 Å². The Balaban J connectivity index is 1.57. The summed E-state index contributed by atoms with van der Waals surface area (Å²) in [5.74, 6) is 1.26. The van der Waals surface area contributed by atoms with Gasteiger partial charge in [0.1, 0.15) is 11.9 Å². The van der Waals surface area contributed by atoms with Crippen LogP contribution in [0.4, 0.5) is 5.82 Å². The highest BCUT2D eigenvalue weighted by atomic mass is 16.5. The molecule has 122 valence electrons. The molecule has 1 aromatic heterocycles. The van der Waals surface area contributed by atoms with Crippen molar-refractivity contribution >= 4 is 11.7 Å². The molecule has 6 heteroatoms. The zero-order valence-electron chi connectivity index (χ0n) is 13.4. The Hall–Kier alpha value is -2.13. The minimum Gasteiger partial charge on any atom is -0.377 e. The number of morpholine rings is 1. The van der Waals surface area contributed by atoms with Crippen LogP contribution in [0.15, 0.2) is 18.3 Å². The number of anilines is 1. The van der Waals surface area contributed by atoms with Crippen molar-refractivity contribution in [3.05, 3.63) is 23.9 Å². The van der Waals surface area contributed by atoms with Gasteiger partial charge in [-0.15, -0.1) is 0 Å². The molecule has 0 aromatic carbocycles. The second kappa shape index (κ2) is 6.97. The fraction of sp³-hybridized carbons (Fsp3) is 0.588.